The van der Waals surface area contributed by atoms with Gasteiger partial charge in [-0.15, -0.1) is 0 Å². The van der Waals surface area contributed by atoms with Crippen molar-refractivity contribution in [1.29, 1.82) is 0 Å². The van der Waals surface area contributed by atoms with Crippen LogP contribution in [0.1, 0.15) is 38.5 Å². The number of rotatable bonds is 5. The molecule has 0 radical (unpaired) electrons. The van der Waals surface area contributed by atoms with Crippen molar-refractivity contribution < 1.29 is 32.2 Å². The molecule has 1 atom stereocenters. The lowest BCUT2D eigenvalue weighted by Gasteiger charge is -2.30. The average molecular weight is 414 g/mol. The Morgan fingerprint density at radius 3 is 2.41 bits per heavy atom. The van der Waals surface area contributed by atoms with Crippen molar-refractivity contribution in [3.63, 3.8) is 0 Å². The third-order valence-electron chi connectivity index (χ3n) is 5.66. The summed E-state index contributed by atoms with van der Waals surface area (Å²) in [5.74, 6) is -0.784. The summed E-state index contributed by atoms with van der Waals surface area (Å²) in [6.45, 7) is 0. The fraction of sp³-hybridized carbons (Fsp3) is 0.600. The molecule has 29 heavy (non-hydrogen) atoms. The third-order valence-corrected chi connectivity index (χ3v) is 5.66. The van der Waals surface area contributed by atoms with E-state index in [-0.39, 0.29) is 30.8 Å². The Morgan fingerprint density at radius 1 is 1.17 bits per heavy atom. The second-order valence-corrected chi connectivity index (χ2v) is 7.54. The van der Waals surface area contributed by atoms with Crippen LogP contribution in [0.3, 0.4) is 0 Å². The van der Waals surface area contributed by atoms with E-state index in [4.69, 9.17) is 9.47 Å². The quantitative estimate of drug-likeness (QED) is 0.797. The lowest BCUT2D eigenvalue weighted by molar-refractivity contribution is -0.185. The van der Waals surface area contributed by atoms with Gasteiger partial charge in [0.25, 0.3) is 0 Å². The van der Waals surface area contributed by atoms with E-state index in [0.29, 0.717) is 42.9 Å². The number of benzene rings is 1. The van der Waals surface area contributed by atoms with Gasteiger partial charge in [0, 0.05) is 19.5 Å². The summed E-state index contributed by atoms with van der Waals surface area (Å²) in [6.07, 6.45) is -2.93. The van der Waals surface area contributed by atoms with Gasteiger partial charge in [0.1, 0.15) is 17.5 Å². The van der Waals surface area contributed by atoms with Crippen molar-refractivity contribution in [2.45, 2.75) is 56.8 Å². The molecule has 1 unspecified atom stereocenters. The molecule has 2 amide bonds. The van der Waals surface area contributed by atoms with Gasteiger partial charge in [0.2, 0.25) is 11.8 Å². The Balaban J connectivity index is 1.65. The number of likely N-dealkylation sites (N-methyl/N-ethyl adjacent to an activating group) is 1. The number of nitrogens with one attached hydrogen (secondary N) is 1. The third kappa shape index (κ3) is 4.94. The predicted octanol–water partition coefficient (Wildman–Crippen LogP) is 3.75. The molecule has 6 nitrogen and oxygen atoms in total. The fourth-order valence-corrected chi connectivity index (χ4v) is 3.89. The first-order valence-electron chi connectivity index (χ1n) is 9.67. The number of ether oxygens (including phenoxy) is 2. The van der Waals surface area contributed by atoms with Gasteiger partial charge in [-0.2, -0.15) is 13.2 Å². The van der Waals surface area contributed by atoms with E-state index in [1.807, 2.05) is 0 Å². The molecular weight excluding hydrogens is 389 g/mol. The molecule has 0 bridgehead atoms. The number of carbonyl (C=O) groups excluding carboxylic acids is 2. The molecule has 1 heterocycles. The number of amides is 2. The minimum absolute atomic E-state index is 0.0515. The topological polar surface area (TPSA) is 67.9 Å². The summed E-state index contributed by atoms with van der Waals surface area (Å²) in [5.41, 5.74) is 0.395. The number of anilines is 1. The zero-order chi connectivity index (χ0) is 21.2. The maximum absolute atomic E-state index is 12.8. The van der Waals surface area contributed by atoms with Crippen LogP contribution in [0, 0.1) is 5.92 Å². The highest BCUT2D eigenvalue weighted by Gasteiger charge is 2.41. The first-order valence-corrected chi connectivity index (χ1v) is 9.67. The standard InChI is InChI=1S/C20H25F3N2O4/c1-25-16(8-10-18(25)26)19(27)24-15-11-14(7-9-17(15)28-2)29-13-5-3-12(4-6-13)20(21,22)23/h7,9,11-13,16H,3-6,8,10H2,1-2H3,(H,24,27). The Labute approximate surface area is 167 Å². The van der Waals surface area contributed by atoms with Crippen molar-refractivity contribution in [2.24, 2.45) is 5.92 Å². The molecule has 1 aliphatic carbocycles. The molecule has 2 aliphatic rings. The number of halogens is 3. The van der Waals surface area contributed by atoms with Crippen LogP contribution < -0.4 is 14.8 Å². The fourth-order valence-electron chi connectivity index (χ4n) is 3.89. The molecule has 1 saturated heterocycles. The van der Waals surface area contributed by atoms with E-state index in [2.05, 4.69) is 5.32 Å². The summed E-state index contributed by atoms with van der Waals surface area (Å²) in [5, 5.41) is 2.77. The largest absolute Gasteiger partial charge is 0.495 e. The van der Waals surface area contributed by atoms with Crippen LogP contribution >= 0.6 is 0 Å². The molecular formula is C20H25F3N2O4. The van der Waals surface area contributed by atoms with Gasteiger partial charge in [-0.1, -0.05) is 0 Å². The number of hydrogen-bond acceptors (Lipinski definition) is 4. The minimum Gasteiger partial charge on any atom is -0.495 e. The molecule has 3 rings (SSSR count). The minimum atomic E-state index is -4.16. The van der Waals surface area contributed by atoms with Gasteiger partial charge in [0.05, 0.1) is 24.8 Å². The van der Waals surface area contributed by atoms with Gasteiger partial charge in [-0.3, -0.25) is 9.59 Å². The van der Waals surface area contributed by atoms with E-state index < -0.39 is 18.1 Å². The first kappa shape index (κ1) is 21.3. The van der Waals surface area contributed by atoms with Crippen molar-refractivity contribution in [3.8, 4) is 11.5 Å². The van der Waals surface area contributed by atoms with E-state index in [0.717, 1.165) is 0 Å². The Hall–Kier alpha value is -2.45. The summed E-state index contributed by atoms with van der Waals surface area (Å²) in [7, 11) is 3.06. The number of likely N-dealkylation sites (tertiary alicyclic amines) is 1. The Morgan fingerprint density at radius 2 is 1.86 bits per heavy atom. The normalized spacial score (nSPS) is 25.1. The molecule has 160 valence electrons. The maximum Gasteiger partial charge on any atom is 0.391 e. The molecule has 1 aromatic carbocycles. The highest BCUT2D eigenvalue weighted by Crippen LogP contribution is 2.39. The van der Waals surface area contributed by atoms with E-state index in [1.165, 1.54) is 12.0 Å². The molecule has 1 saturated carbocycles. The van der Waals surface area contributed by atoms with Crippen LogP contribution in [-0.4, -0.2) is 49.2 Å². The van der Waals surface area contributed by atoms with Crippen molar-refractivity contribution in [1.82, 2.24) is 4.90 Å². The number of methoxy groups -OCH3 is 1. The van der Waals surface area contributed by atoms with Crippen LogP contribution in [0.25, 0.3) is 0 Å². The summed E-state index contributed by atoms with van der Waals surface area (Å²) < 4.78 is 49.6. The van der Waals surface area contributed by atoms with Gasteiger partial charge < -0.3 is 19.7 Å². The molecule has 0 aromatic heterocycles. The number of nitrogens with zero attached hydrogens (tertiary/aromatic N) is 1. The highest BCUT2D eigenvalue weighted by molar-refractivity contribution is 5.99. The Kier molecular flexibility index (Phi) is 6.24. The van der Waals surface area contributed by atoms with E-state index >= 15 is 0 Å². The molecule has 1 aliphatic heterocycles. The van der Waals surface area contributed by atoms with Gasteiger partial charge >= 0.3 is 6.18 Å². The maximum atomic E-state index is 12.8. The molecule has 0 spiro atoms. The van der Waals surface area contributed by atoms with Gasteiger partial charge in [-0.05, 0) is 44.2 Å². The van der Waals surface area contributed by atoms with Crippen LogP contribution in [0.4, 0.5) is 18.9 Å². The number of alkyl halides is 3. The van der Waals surface area contributed by atoms with Gasteiger partial charge in [-0.25, -0.2) is 0 Å². The van der Waals surface area contributed by atoms with Gasteiger partial charge in [0.15, 0.2) is 0 Å². The monoisotopic (exact) mass is 414 g/mol. The molecule has 1 aromatic rings. The molecule has 9 heteroatoms. The van der Waals surface area contributed by atoms with E-state index in [9.17, 15) is 22.8 Å². The summed E-state index contributed by atoms with van der Waals surface area (Å²) in [4.78, 5) is 25.6. The van der Waals surface area contributed by atoms with Crippen LogP contribution in [0.2, 0.25) is 0 Å². The summed E-state index contributed by atoms with van der Waals surface area (Å²) >= 11 is 0. The van der Waals surface area contributed by atoms with Crippen molar-refractivity contribution in [3.05, 3.63) is 18.2 Å². The van der Waals surface area contributed by atoms with Crippen molar-refractivity contribution in [2.75, 3.05) is 19.5 Å². The SMILES string of the molecule is COc1ccc(OC2CCC(C(F)(F)F)CC2)cc1NC(=O)C1CCC(=O)N1C. The zero-order valence-corrected chi connectivity index (χ0v) is 16.4. The second-order valence-electron chi connectivity index (χ2n) is 7.54. The summed E-state index contributed by atoms with van der Waals surface area (Å²) in [6, 6.07) is 4.35. The lowest BCUT2D eigenvalue weighted by atomic mass is 9.87. The number of hydrogen-bond donors (Lipinski definition) is 1. The lowest BCUT2D eigenvalue weighted by Crippen LogP contribution is -2.38. The average Bonchev–Trinajstić information content (AvgIpc) is 3.00. The second kappa shape index (κ2) is 8.51. The first-order chi connectivity index (χ1) is 13.7. The molecule has 1 N–H and O–H groups in total. The number of carbonyl (C=O) groups is 2. The predicted molar refractivity (Wildman–Crippen MR) is 99.8 cm³/mol. The van der Waals surface area contributed by atoms with Crippen molar-refractivity contribution >= 4 is 17.5 Å². The smallest absolute Gasteiger partial charge is 0.391 e. The Bertz CT molecular complexity index is 761. The van der Waals surface area contributed by atoms with Crippen LogP contribution in [0.5, 0.6) is 11.5 Å². The highest BCUT2D eigenvalue weighted by atomic mass is 19.4. The van der Waals surface area contributed by atoms with Crippen LogP contribution in [0.15, 0.2) is 18.2 Å². The van der Waals surface area contributed by atoms with Crippen LogP contribution in [-0.2, 0) is 9.59 Å². The van der Waals surface area contributed by atoms with E-state index in [1.54, 1.807) is 25.2 Å². The molecule has 2 fully saturated rings. The zero-order valence-electron chi connectivity index (χ0n) is 16.4.